The molecule has 0 saturated carbocycles. The van der Waals surface area contributed by atoms with E-state index < -0.39 is 0 Å². The Bertz CT molecular complexity index is 850. The molecule has 3 aromatic rings. The Morgan fingerprint density at radius 1 is 1.08 bits per heavy atom. The summed E-state index contributed by atoms with van der Waals surface area (Å²) in [6.45, 7) is 5.44. The van der Waals surface area contributed by atoms with Crippen molar-refractivity contribution < 1.29 is 4.79 Å². The maximum Gasteiger partial charge on any atom is 0.319 e. The third kappa shape index (κ3) is 4.72. The molecule has 0 fully saturated rings. The minimum Gasteiger partial charge on any atom is -0.338 e. The maximum atomic E-state index is 12.0. The Labute approximate surface area is 154 Å². The van der Waals surface area contributed by atoms with Crippen molar-refractivity contribution in [2.24, 2.45) is 0 Å². The van der Waals surface area contributed by atoms with Gasteiger partial charge in [0.1, 0.15) is 5.82 Å². The summed E-state index contributed by atoms with van der Waals surface area (Å²) in [5.41, 5.74) is 4.18. The van der Waals surface area contributed by atoms with E-state index in [1.165, 1.54) is 0 Å². The van der Waals surface area contributed by atoms with Crippen LogP contribution in [0.2, 0.25) is 0 Å². The zero-order valence-electron chi connectivity index (χ0n) is 15.2. The van der Waals surface area contributed by atoms with Crippen molar-refractivity contribution in [2.75, 3.05) is 11.9 Å². The van der Waals surface area contributed by atoms with Gasteiger partial charge in [0, 0.05) is 36.7 Å². The quantitative estimate of drug-likeness (QED) is 0.650. The summed E-state index contributed by atoms with van der Waals surface area (Å²) in [6.07, 6.45) is 4.61. The summed E-state index contributed by atoms with van der Waals surface area (Å²) in [4.78, 5) is 16.5. The van der Waals surface area contributed by atoms with E-state index in [4.69, 9.17) is 0 Å². The molecule has 0 aliphatic carbocycles. The van der Waals surface area contributed by atoms with E-state index in [9.17, 15) is 4.79 Å². The van der Waals surface area contributed by atoms with E-state index in [-0.39, 0.29) is 6.03 Å². The molecule has 0 bridgehead atoms. The van der Waals surface area contributed by atoms with Crippen molar-refractivity contribution in [1.29, 1.82) is 0 Å². The van der Waals surface area contributed by atoms with E-state index in [1.807, 2.05) is 68.7 Å². The highest BCUT2D eigenvalue weighted by Crippen LogP contribution is 2.17. The van der Waals surface area contributed by atoms with Crippen molar-refractivity contribution >= 4 is 11.7 Å². The summed E-state index contributed by atoms with van der Waals surface area (Å²) in [5, 5.41) is 5.79. The van der Waals surface area contributed by atoms with Crippen LogP contribution in [-0.2, 0) is 6.54 Å². The van der Waals surface area contributed by atoms with E-state index >= 15 is 0 Å². The van der Waals surface area contributed by atoms with E-state index in [0.717, 1.165) is 41.2 Å². The Morgan fingerprint density at radius 2 is 1.81 bits per heavy atom. The highest BCUT2D eigenvalue weighted by atomic mass is 16.2. The predicted octanol–water partition coefficient (Wildman–Crippen LogP) is 4.38. The SMILES string of the molecule is Cc1cc(C)cc(NC(=O)NCCCn2ccnc2-c2ccccc2)c1. The molecule has 134 valence electrons. The molecule has 5 heteroatoms. The van der Waals surface area contributed by atoms with Crippen LogP contribution in [0, 0.1) is 13.8 Å². The third-order valence-corrected chi connectivity index (χ3v) is 4.09. The predicted molar refractivity (Wildman–Crippen MR) is 105 cm³/mol. The van der Waals surface area contributed by atoms with Crippen LogP contribution in [-0.4, -0.2) is 22.1 Å². The molecular formula is C21H24N4O. The lowest BCUT2D eigenvalue weighted by Gasteiger charge is -2.10. The first-order valence-electron chi connectivity index (χ1n) is 8.81. The molecule has 0 unspecified atom stereocenters. The Kier molecular flexibility index (Phi) is 5.69. The summed E-state index contributed by atoms with van der Waals surface area (Å²) in [6, 6.07) is 15.9. The minimum atomic E-state index is -0.177. The second kappa shape index (κ2) is 8.34. The summed E-state index contributed by atoms with van der Waals surface area (Å²) in [7, 11) is 0. The molecule has 0 radical (unpaired) electrons. The van der Waals surface area contributed by atoms with Crippen LogP contribution in [0.15, 0.2) is 60.9 Å². The van der Waals surface area contributed by atoms with Crippen LogP contribution in [0.1, 0.15) is 17.5 Å². The molecule has 2 N–H and O–H groups in total. The summed E-state index contributed by atoms with van der Waals surface area (Å²) in [5.74, 6) is 0.949. The number of urea groups is 1. The molecule has 0 aliphatic rings. The highest BCUT2D eigenvalue weighted by Gasteiger charge is 2.06. The number of imidazole rings is 1. The summed E-state index contributed by atoms with van der Waals surface area (Å²) >= 11 is 0. The number of benzene rings is 2. The lowest BCUT2D eigenvalue weighted by atomic mass is 10.1. The number of rotatable bonds is 6. The van der Waals surface area contributed by atoms with Crippen LogP contribution in [0.5, 0.6) is 0 Å². The first-order valence-corrected chi connectivity index (χ1v) is 8.81. The number of aromatic nitrogens is 2. The number of carbonyl (C=O) groups is 1. The van der Waals surface area contributed by atoms with Crippen LogP contribution in [0.25, 0.3) is 11.4 Å². The smallest absolute Gasteiger partial charge is 0.319 e. The molecule has 1 heterocycles. The first kappa shape index (κ1) is 17.7. The second-order valence-corrected chi connectivity index (χ2v) is 6.42. The molecule has 26 heavy (non-hydrogen) atoms. The van der Waals surface area contributed by atoms with Crippen LogP contribution < -0.4 is 10.6 Å². The van der Waals surface area contributed by atoms with Gasteiger partial charge in [0.05, 0.1) is 0 Å². The fraction of sp³-hybridized carbons (Fsp3) is 0.238. The van der Waals surface area contributed by atoms with Gasteiger partial charge in [-0.1, -0.05) is 36.4 Å². The van der Waals surface area contributed by atoms with Crippen LogP contribution >= 0.6 is 0 Å². The van der Waals surface area contributed by atoms with Crippen molar-refractivity contribution in [3.8, 4) is 11.4 Å². The van der Waals surface area contributed by atoms with Crippen molar-refractivity contribution in [1.82, 2.24) is 14.9 Å². The van der Waals surface area contributed by atoms with E-state index in [0.29, 0.717) is 6.54 Å². The van der Waals surface area contributed by atoms with E-state index in [1.54, 1.807) is 0 Å². The standard InChI is InChI=1S/C21H24N4O/c1-16-13-17(2)15-19(14-16)24-21(26)23-9-6-11-25-12-10-22-20(25)18-7-4-3-5-8-18/h3-5,7-8,10,12-15H,6,9,11H2,1-2H3,(H2,23,24,26). The number of anilines is 1. The number of aryl methyl sites for hydroxylation is 3. The summed E-state index contributed by atoms with van der Waals surface area (Å²) < 4.78 is 2.11. The Morgan fingerprint density at radius 3 is 2.54 bits per heavy atom. The molecule has 2 amide bonds. The third-order valence-electron chi connectivity index (χ3n) is 4.09. The van der Waals surface area contributed by atoms with Gasteiger partial charge in [0.2, 0.25) is 0 Å². The number of hydrogen-bond acceptors (Lipinski definition) is 2. The van der Waals surface area contributed by atoms with Crippen molar-refractivity contribution in [2.45, 2.75) is 26.8 Å². The first-order chi connectivity index (χ1) is 12.6. The van der Waals surface area contributed by atoms with Crippen LogP contribution in [0.4, 0.5) is 10.5 Å². The normalized spacial score (nSPS) is 10.5. The van der Waals surface area contributed by atoms with Crippen molar-refractivity contribution in [3.05, 3.63) is 72.1 Å². The monoisotopic (exact) mass is 348 g/mol. The minimum absolute atomic E-state index is 0.177. The van der Waals surface area contributed by atoms with Gasteiger partial charge in [0.25, 0.3) is 0 Å². The largest absolute Gasteiger partial charge is 0.338 e. The van der Waals surface area contributed by atoms with Gasteiger partial charge in [-0.2, -0.15) is 0 Å². The lowest BCUT2D eigenvalue weighted by molar-refractivity contribution is 0.252. The number of nitrogens with zero attached hydrogens (tertiary/aromatic N) is 2. The molecule has 5 nitrogen and oxygen atoms in total. The van der Waals surface area contributed by atoms with Gasteiger partial charge in [-0.05, 0) is 43.5 Å². The fourth-order valence-corrected chi connectivity index (χ4v) is 3.01. The Hall–Kier alpha value is -3.08. The van der Waals surface area contributed by atoms with Crippen LogP contribution in [0.3, 0.4) is 0 Å². The lowest BCUT2D eigenvalue weighted by Crippen LogP contribution is -2.30. The molecule has 0 spiro atoms. The zero-order chi connectivity index (χ0) is 18.4. The number of amides is 2. The van der Waals surface area contributed by atoms with Gasteiger partial charge in [0.15, 0.2) is 0 Å². The molecule has 1 aromatic heterocycles. The highest BCUT2D eigenvalue weighted by molar-refractivity contribution is 5.89. The number of carbonyl (C=O) groups excluding carboxylic acids is 1. The van der Waals surface area contributed by atoms with Gasteiger partial charge in [-0.25, -0.2) is 9.78 Å². The zero-order valence-corrected chi connectivity index (χ0v) is 15.2. The average molecular weight is 348 g/mol. The number of nitrogens with one attached hydrogen (secondary N) is 2. The molecule has 0 aliphatic heterocycles. The Balaban J connectivity index is 1.47. The molecule has 0 atom stereocenters. The number of hydrogen-bond donors (Lipinski definition) is 2. The average Bonchev–Trinajstić information content (AvgIpc) is 3.07. The van der Waals surface area contributed by atoms with Gasteiger partial charge in [-0.15, -0.1) is 0 Å². The maximum absolute atomic E-state index is 12.0. The van der Waals surface area contributed by atoms with Crippen molar-refractivity contribution in [3.63, 3.8) is 0 Å². The van der Waals surface area contributed by atoms with E-state index in [2.05, 4.69) is 26.3 Å². The molecule has 3 rings (SSSR count). The topological polar surface area (TPSA) is 59.0 Å². The molecular weight excluding hydrogens is 324 g/mol. The fourth-order valence-electron chi connectivity index (χ4n) is 3.01. The second-order valence-electron chi connectivity index (χ2n) is 6.42. The molecule has 2 aromatic carbocycles. The van der Waals surface area contributed by atoms with Gasteiger partial charge >= 0.3 is 6.03 Å². The van der Waals surface area contributed by atoms with Gasteiger partial charge in [-0.3, -0.25) is 0 Å². The van der Waals surface area contributed by atoms with Gasteiger partial charge < -0.3 is 15.2 Å². The molecule has 0 saturated heterocycles.